The molecule has 0 radical (unpaired) electrons. The topological polar surface area (TPSA) is 60.2 Å². The van der Waals surface area contributed by atoms with E-state index in [1.54, 1.807) is 12.1 Å². The van der Waals surface area contributed by atoms with Gasteiger partial charge in [-0.1, -0.05) is 29.8 Å². The number of rotatable bonds is 6. The molecule has 110 valence electrons. The molecule has 0 aliphatic rings. The molecule has 1 rings (SSSR count). The number of nitro groups is 1. The molecule has 0 heterocycles. The van der Waals surface area contributed by atoms with E-state index in [4.69, 9.17) is 0 Å². The fraction of sp³-hybridized carbons (Fsp3) is 0.462. The van der Waals surface area contributed by atoms with Crippen LogP contribution in [0.15, 0.2) is 24.3 Å². The summed E-state index contributed by atoms with van der Waals surface area (Å²) in [6.45, 7) is 0.949. The van der Waals surface area contributed by atoms with E-state index in [-0.39, 0.29) is 5.56 Å². The fourth-order valence-corrected chi connectivity index (χ4v) is 1.86. The Morgan fingerprint density at radius 2 is 1.85 bits per heavy atom. The minimum Gasteiger partial charge on any atom is -0.294 e. The molecule has 0 aliphatic heterocycles. The Morgan fingerprint density at radius 1 is 1.30 bits per heavy atom. The summed E-state index contributed by atoms with van der Waals surface area (Å²) in [7, 11) is 0. The van der Waals surface area contributed by atoms with Gasteiger partial charge in [-0.2, -0.15) is 13.2 Å². The summed E-state index contributed by atoms with van der Waals surface area (Å²) in [4.78, 5) is 21.4. The van der Waals surface area contributed by atoms with Crippen LogP contribution in [0.1, 0.15) is 28.8 Å². The molecular weight excluding hydrogens is 275 g/mol. The van der Waals surface area contributed by atoms with Gasteiger partial charge >= 0.3 is 6.18 Å². The Morgan fingerprint density at radius 3 is 2.30 bits per heavy atom. The smallest absolute Gasteiger partial charge is 0.294 e. The number of hydrogen-bond acceptors (Lipinski definition) is 3. The first kappa shape index (κ1) is 16.1. The van der Waals surface area contributed by atoms with Gasteiger partial charge in [-0.3, -0.25) is 14.9 Å². The van der Waals surface area contributed by atoms with Crippen LogP contribution in [0.25, 0.3) is 0 Å². The van der Waals surface area contributed by atoms with Crippen molar-refractivity contribution in [1.82, 2.24) is 0 Å². The average Bonchev–Trinajstić information content (AvgIpc) is 2.26. The summed E-state index contributed by atoms with van der Waals surface area (Å²) in [5.74, 6) is -1.85. The maximum atomic E-state index is 12.3. The van der Waals surface area contributed by atoms with Crippen molar-refractivity contribution >= 4 is 5.78 Å². The number of nitrogens with zero attached hydrogens (tertiary/aromatic N) is 1. The van der Waals surface area contributed by atoms with Crippen molar-refractivity contribution in [2.45, 2.75) is 25.9 Å². The SMILES string of the molecule is Cc1ccc(C(=O)CC(C[N+](=O)[O-])CC(F)(F)F)cc1. The molecule has 0 aliphatic carbocycles. The van der Waals surface area contributed by atoms with E-state index >= 15 is 0 Å². The molecule has 1 atom stereocenters. The van der Waals surface area contributed by atoms with E-state index in [1.165, 1.54) is 12.1 Å². The third-order valence-electron chi connectivity index (χ3n) is 2.78. The molecule has 1 unspecified atom stereocenters. The van der Waals surface area contributed by atoms with Crippen molar-refractivity contribution in [2.24, 2.45) is 5.92 Å². The van der Waals surface area contributed by atoms with Gasteiger partial charge < -0.3 is 0 Å². The standard InChI is InChI=1S/C13H14F3NO3/c1-9-2-4-11(5-3-9)12(18)6-10(8-17(19)20)7-13(14,15)16/h2-5,10H,6-8H2,1H3. The zero-order valence-corrected chi connectivity index (χ0v) is 10.8. The summed E-state index contributed by atoms with van der Waals surface area (Å²) >= 11 is 0. The maximum Gasteiger partial charge on any atom is 0.389 e. The Balaban J connectivity index is 2.75. The number of carbonyl (C=O) groups excluding carboxylic acids is 1. The van der Waals surface area contributed by atoms with Crippen molar-refractivity contribution in [1.29, 1.82) is 0 Å². The van der Waals surface area contributed by atoms with Crippen LogP contribution in [0, 0.1) is 23.0 Å². The number of carbonyl (C=O) groups is 1. The van der Waals surface area contributed by atoms with Crippen molar-refractivity contribution in [2.75, 3.05) is 6.54 Å². The molecule has 0 bridgehead atoms. The highest BCUT2D eigenvalue weighted by Crippen LogP contribution is 2.27. The van der Waals surface area contributed by atoms with Gasteiger partial charge in [0.1, 0.15) is 0 Å². The monoisotopic (exact) mass is 289 g/mol. The average molecular weight is 289 g/mol. The molecule has 4 nitrogen and oxygen atoms in total. The van der Waals surface area contributed by atoms with Crippen LogP contribution in [0.5, 0.6) is 0 Å². The van der Waals surface area contributed by atoms with E-state index in [1.807, 2.05) is 6.92 Å². The quantitative estimate of drug-likeness (QED) is 0.458. The molecule has 20 heavy (non-hydrogen) atoms. The summed E-state index contributed by atoms with van der Waals surface area (Å²) < 4.78 is 37.0. The number of Topliss-reactive ketones (excluding diaryl/α,β-unsaturated/α-hetero) is 1. The lowest BCUT2D eigenvalue weighted by atomic mass is 9.95. The normalized spacial score (nSPS) is 13.0. The first-order chi connectivity index (χ1) is 9.17. The van der Waals surface area contributed by atoms with Gasteiger partial charge in [0, 0.05) is 22.8 Å². The lowest BCUT2D eigenvalue weighted by Gasteiger charge is -2.14. The number of hydrogen-bond donors (Lipinski definition) is 0. The fourth-order valence-electron chi connectivity index (χ4n) is 1.86. The van der Waals surface area contributed by atoms with Crippen molar-refractivity contribution in [3.63, 3.8) is 0 Å². The first-order valence-electron chi connectivity index (χ1n) is 5.96. The Labute approximate surface area is 113 Å². The molecule has 0 saturated carbocycles. The third kappa shape index (κ3) is 5.81. The molecule has 0 N–H and O–H groups in total. The summed E-state index contributed by atoms with van der Waals surface area (Å²) in [6.07, 6.45) is -6.33. The van der Waals surface area contributed by atoms with Gasteiger partial charge in [0.15, 0.2) is 5.78 Å². The third-order valence-corrected chi connectivity index (χ3v) is 2.78. The Hall–Kier alpha value is -1.92. The minimum atomic E-state index is -4.52. The van der Waals surface area contributed by atoms with Crippen LogP contribution in [0.4, 0.5) is 13.2 Å². The predicted molar refractivity (Wildman–Crippen MR) is 66.1 cm³/mol. The maximum absolute atomic E-state index is 12.3. The lowest BCUT2D eigenvalue weighted by molar-refractivity contribution is -0.489. The highest BCUT2D eigenvalue weighted by atomic mass is 19.4. The Bertz CT molecular complexity index is 483. The second-order valence-corrected chi connectivity index (χ2v) is 4.69. The molecule has 1 aromatic carbocycles. The highest BCUT2D eigenvalue weighted by molar-refractivity contribution is 5.96. The molecule has 1 aromatic rings. The minimum absolute atomic E-state index is 0.270. The van der Waals surface area contributed by atoms with E-state index in [2.05, 4.69) is 0 Å². The molecular formula is C13H14F3NO3. The van der Waals surface area contributed by atoms with Crippen molar-refractivity contribution in [3.8, 4) is 0 Å². The van der Waals surface area contributed by atoms with E-state index in [0.29, 0.717) is 0 Å². The second-order valence-electron chi connectivity index (χ2n) is 4.69. The molecule has 0 aromatic heterocycles. The van der Waals surface area contributed by atoms with Gasteiger partial charge in [-0.15, -0.1) is 0 Å². The van der Waals surface area contributed by atoms with E-state index < -0.39 is 42.2 Å². The zero-order valence-electron chi connectivity index (χ0n) is 10.8. The number of alkyl halides is 3. The van der Waals surface area contributed by atoms with Crippen molar-refractivity contribution < 1.29 is 22.9 Å². The van der Waals surface area contributed by atoms with Crippen LogP contribution >= 0.6 is 0 Å². The van der Waals surface area contributed by atoms with Crippen LogP contribution in [-0.4, -0.2) is 23.4 Å². The van der Waals surface area contributed by atoms with E-state index in [9.17, 15) is 28.1 Å². The van der Waals surface area contributed by atoms with Crippen LogP contribution < -0.4 is 0 Å². The number of halogens is 3. The summed E-state index contributed by atoms with van der Waals surface area (Å²) in [5, 5.41) is 10.4. The van der Waals surface area contributed by atoms with Crippen LogP contribution in [-0.2, 0) is 0 Å². The Kier molecular flexibility index (Phi) is 5.24. The largest absolute Gasteiger partial charge is 0.389 e. The number of ketones is 1. The predicted octanol–water partition coefficient (Wildman–Crippen LogP) is 3.41. The zero-order chi connectivity index (χ0) is 15.3. The molecule has 0 amide bonds. The van der Waals surface area contributed by atoms with Gasteiger partial charge in [0.05, 0.1) is 6.42 Å². The number of benzene rings is 1. The van der Waals surface area contributed by atoms with E-state index in [0.717, 1.165) is 5.56 Å². The van der Waals surface area contributed by atoms with Crippen molar-refractivity contribution in [3.05, 3.63) is 45.5 Å². The second kappa shape index (κ2) is 6.49. The molecule has 0 fully saturated rings. The van der Waals surface area contributed by atoms with Gasteiger partial charge in [0.25, 0.3) is 0 Å². The molecule has 0 spiro atoms. The lowest BCUT2D eigenvalue weighted by Crippen LogP contribution is -2.24. The van der Waals surface area contributed by atoms with Gasteiger partial charge in [-0.05, 0) is 6.92 Å². The molecule has 7 heteroatoms. The first-order valence-corrected chi connectivity index (χ1v) is 5.96. The van der Waals surface area contributed by atoms with Gasteiger partial charge in [-0.25, -0.2) is 0 Å². The van der Waals surface area contributed by atoms with Crippen LogP contribution in [0.3, 0.4) is 0 Å². The van der Waals surface area contributed by atoms with Gasteiger partial charge in [0.2, 0.25) is 6.54 Å². The number of aryl methyl sites for hydroxylation is 1. The summed E-state index contributed by atoms with van der Waals surface area (Å²) in [6, 6.07) is 6.35. The highest BCUT2D eigenvalue weighted by Gasteiger charge is 2.35. The molecule has 0 saturated heterocycles. The van der Waals surface area contributed by atoms with Crippen LogP contribution in [0.2, 0.25) is 0 Å². The summed E-state index contributed by atoms with van der Waals surface area (Å²) in [5.41, 5.74) is 1.19.